The van der Waals surface area contributed by atoms with E-state index in [1.807, 2.05) is 31.2 Å². The summed E-state index contributed by atoms with van der Waals surface area (Å²) in [5.41, 5.74) is 2.01. The second-order valence-electron chi connectivity index (χ2n) is 6.80. The fraction of sp³-hybridized carbons (Fsp3) is 0.208. The fourth-order valence-electron chi connectivity index (χ4n) is 2.84. The zero-order valence-electron chi connectivity index (χ0n) is 18.6. The first-order valence-corrected chi connectivity index (χ1v) is 11.9. The Kier molecular flexibility index (Phi) is 10.5. The largest absolute Gasteiger partial charge is 0.496 e. The number of halogens is 2. The van der Waals surface area contributed by atoms with Gasteiger partial charge in [-0.25, -0.2) is 0 Å². The lowest BCUT2D eigenvalue weighted by atomic mass is 10.1. The molecule has 34 heavy (non-hydrogen) atoms. The predicted molar refractivity (Wildman–Crippen MR) is 134 cm³/mol. The Morgan fingerprint density at radius 2 is 1.65 bits per heavy atom. The predicted octanol–water partition coefficient (Wildman–Crippen LogP) is 5.53. The van der Waals surface area contributed by atoms with Crippen molar-refractivity contribution in [3.8, 4) is 17.2 Å². The quantitative estimate of drug-likeness (QED) is 0.186. The zero-order chi connectivity index (χ0) is 23.7. The summed E-state index contributed by atoms with van der Waals surface area (Å²) in [5, 5.41) is 3.92. The Bertz CT molecular complexity index is 1200. The number of benzene rings is 3. The van der Waals surface area contributed by atoms with E-state index in [0.29, 0.717) is 31.1 Å². The number of rotatable bonds is 11. The lowest BCUT2D eigenvalue weighted by Gasteiger charge is -2.12. The van der Waals surface area contributed by atoms with E-state index in [2.05, 4.69) is 5.16 Å². The highest BCUT2D eigenvalue weighted by molar-refractivity contribution is 7.87. The van der Waals surface area contributed by atoms with E-state index in [1.165, 1.54) is 31.4 Å². The molecule has 0 radical (unpaired) electrons. The molecule has 0 fully saturated rings. The maximum atomic E-state index is 12.6. The van der Waals surface area contributed by atoms with E-state index in [-0.39, 0.29) is 28.1 Å². The molecule has 10 heteroatoms. The Hall–Kier alpha value is -2.94. The lowest BCUT2D eigenvalue weighted by molar-refractivity contribution is 0.160. The molecule has 7 nitrogen and oxygen atoms in total. The van der Waals surface area contributed by atoms with Crippen LogP contribution in [-0.2, 0) is 21.4 Å². The maximum Gasteiger partial charge on any atom is 0.340 e. The van der Waals surface area contributed by atoms with Crippen LogP contribution in [0.4, 0.5) is 0 Å². The third-order valence-corrected chi connectivity index (χ3v) is 6.19. The van der Waals surface area contributed by atoms with E-state index in [9.17, 15) is 8.42 Å². The Morgan fingerprint density at radius 1 is 0.971 bits per heavy atom. The molecule has 0 aliphatic carbocycles. The summed E-state index contributed by atoms with van der Waals surface area (Å²) in [4.78, 5) is 4.84. The minimum atomic E-state index is -4.12. The Balaban J connectivity index is 0.00000408. The van der Waals surface area contributed by atoms with Crippen molar-refractivity contribution in [3.05, 3.63) is 82.9 Å². The average Bonchev–Trinajstić information content (AvgIpc) is 2.80. The third-order valence-electron chi connectivity index (χ3n) is 4.45. The van der Waals surface area contributed by atoms with Gasteiger partial charge in [0.25, 0.3) is 0 Å². The SMILES string of the molecule is CCON=Cc1ccc(CCOc2cc(OC)cc(OS(=O)(=O)c3ccccc3Cl)c2)cc1.Cl. The third kappa shape index (κ3) is 7.83. The molecule has 0 N–H and O–H groups in total. The molecule has 0 unspecified atom stereocenters. The molecule has 0 heterocycles. The molecular formula is C24H25Cl2NO6S. The van der Waals surface area contributed by atoms with Crippen LogP contribution in [0.15, 0.2) is 76.8 Å². The van der Waals surface area contributed by atoms with Gasteiger partial charge >= 0.3 is 10.1 Å². The molecule has 0 amide bonds. The first kappa shape index (κ1) is 27.3. The Labute approximate surface area is 210 Å². The molecule has 0 aliphatic heterocycles. The van der Waals surface area contributed by atoms with Crippen LogP contribution in [0.25, 0.3) is 0 Å². The van der Waals surface area contributed by atoms with Gasteiger partial charge in [-0.1, -0.05) is 53.2 Å². The number of ether oxygens (including phenoxy) is 2. The smallest absolute Gasteiger partial charge is 0.340 e. The van der Waals surface area contributed by atoms with Gasteiger partial charge in [-0.15, -0.1) is 12.4 Å². The molecule has 3 aromatic carbocycles. The minimum Gasteiger partial charge on any atom is -0.496 e. The average molecular weight is 526 g/mol. The van der Waals surface area contributed by atoms with Crippen molar-refractivity contribution in [2.24, 2.45) is 5.16 Å². The van der Waals surface area contributed by atoms with Crippen molar-refractivity contribution in [3.63, 3.8) is 0 Å². The highest BCUT2D eigenvalue weighted by Gasteiger charge is 2.20. The van der Waals surface area contributed by atoms with Crippen molar-refractivity contribution >= 4 is 40.3 Å². The monoisotopic (exact) mass is 525 g/mol. The van der Waals surface area contributed by atoms with Crippen molar-refractivity contribution < 1.29 is 26.9 Å². The van der Waals surface area contributed by atoms with Crippen molar-refractivity contribution in [1.29, 1.82) is 0 Å². The van der Waals surface area contributed by atoms with Crippen LogP contribution in [0.3, 0.4) is 0 Å². The number of oxime groups is 1. The van der Waals surface area contributed by atoms with Crippen LogP contribution in [0.5, 0.6) is 17.2 Å². The van der Waals surface area contributed by atoms with Gasteiger partial charge in [0.05, 0.1) is 25.0 Å². The maximum absolute atomic E-state index is 12.6. The summed E-state index contributed by atoms with van der Waals surface area (Å²) < 4.78 is 41.6. The van der Waals surface area contributed by atoms with Crippen LogP contribution in [-0.4, -0.2) is 35.0 Å². The molecule has 3 rings (SSSR count). The summed E-state index contributed by atoms with van der Waals surface area (Å²) in [6.45, 7) is 2.76. The first-order valence-electron chi connectivity index (χ1n) is 10.2. The van der Waals surface area contributed by atoms with E-state index < -0.39 is 10.1 Å². The second kappa shape index (κ2) is 13.1. The summed E-state index contributed by atoms with van der Waals surface area (Å²) in [5.74, 6) is 0.871. The molecule has 0 aliphatic rings. The van der Waals surface area contributed by atoms with Crippen LogP contribution >= 0.6 is 24.0 Å². The summed E-state index contributed by atoms with van der Waals surface area (Å²) in [6, 6.07) is 18.5. The standard InChI is InChI=1S/C24H24ClNO6S.ClH/c1-3-31-26-17-19-10-8-18(9-11-19)12-13-30-21-14-20(29-2)15-22(16-21)32-33(27,28)24-7-5-4-6-23(24)25;/h4-11,14-17H,3,12-13H2,1-2H3;1H. The normalized spacial score (nSPS) is 11.0. The molecule has 182 valence electrons. The van der Waals surface area contributed by atoms with Crippen LogP contribution in [0.2, 0.25) is 5.02 Å². The minimum absolute atomic E-state index is 0. The lowest BCUT2D eigenvalue weighted by Crippen LogP contribution is -2.10. The highest BCUT2D eigenvalue weighted by atomic mass is 35.5. The summed E-state index contributed by atoms with van der Waals surface area (Å²) in [6.07, 6.45) is 2.30. The molecule has 0 bridgehead atoms. The molecule has 0 saturated heterocycles. The van der Waals surface area contributed by atoms with Crippen molar-refractivity contribution in [1.82, 2.24) is 0 Å². The van der Waals surface area contributed by atoms with Gasteiger partial charge in [-0.2, -0.15) is 8.42 Å². The van der Waals surface area contributed by atoms with E-state index in [0.717, 1.165) is 11.1 Å². The molecule has 3 aromatic rings. The van der Waals surface area contributed by atoms with Gasteiger partial charge in [-0.05, 0) is 30.2 Å². The van der Waals surface area contributed by atoms with Gasteiger partial charge in [0.1, 0.15) is 28.8 Å². The van der Waals surface area contributed by atoms with Crippen LogP contribution in [0.1, 0.15) is 18.1 Å². The molecular weight excluding hydrogens is 501 g/mol. The van der Waals surface area contributed by atoms with Crippen molar-refractivity contribution in [2.45, 2.75) is 18.2 Å². The fourth-order valence-corrected chi connectivity index (χ4v) is 4.25. The highest BCUT2D eigenvalue weighted by Crippen LogP contribution is 2.31. The molecule has 0 saturated carbocycles. The second-order valence-corrected chi connectivity index (χ2v) is 8.73. The van der Waals surface area contributed by atoms with E-state index in [1.54, 1.807) is 24.4 Å². The van der Waals surface area contributed by atoms with Gasteiger partial charge in [0, 0.05) is 24.6 Å². The van der Waals surface area contributed by atoms with Gasteiger partial charge in [-0.3, -0.25) is 0 Å². The number of nitrogens with zero attached hydrogens (tertiary/aromatic N) is 1. The van der Waals surface area contributed by atoms with Crippen LogP contribution in [0, 0.1) is 0 Å². The van der Waals surface area contributed by atoms with Crippen molar-refractivity contribution in [2.75, 3.05) is 20.3 Å². The first-order chi connectivity index (χ1) is 15.9. The number of methoxy groups -OCH3 is 1. The summed E-state index contributed by atoms with van der Waals surface area (Å²) >= 11 is 6.01. The zero-order valence-corrected chi connectivity index (χ0v) is 21.0. The number of hydrogen-bond donors (Lipinski definition) is 0. The van der Waals surface area contributed by atoms with Crippen LogP contribution < -0.4 is 13.7 Å². The molecule has 0 atom stereocenters. The topological polar surface area (TPSA) is 83.4 Å². The molecule has 0 aromatic heterocycles. The van der Waals surface area contributed by atoms with Gasteiger partial charge in [0.2, 0.25) is 0 Å². The molecule has 0 spiro atoms. The van der Waals surface area contributed by atoms with Gasteiger partial charge < -0.3 is 18.5 Å². The number of hydrogen-bond acceptors (Lipinski definition) is 7. The van der Waals surface area contributed by atoms with Gasteiger partial charge in [0.15, 0.2) is 0 Å². The summed E-state index contributed by atoms with van der Waals surface area (Å²) in [7, 11) is -2.65. The van der Waals surface area contributed by atoms with E-state index in [4.69, 9.17) is 30.1 Å². The van der Waals surface area contributed by atoms with E-state index >= 15 is 0 Å². The Morgan fingerprint density at radius 3 is 2.32 bits per heavy atom.